The maximum Gasteiger partial charge on any atom is 1.00 e. The first-order valence-corrected chi connectivity index (χ1v) is 5.02. The van der Waals surface area contributed by atoms with Gasteiger partial charge in [0, 0.05) is 0 Å². The Morgan fingerprint density at radius 1 is 0.500 bits per heavy atom. The predicted octanol–water partition coefficient (Wildman–Crippen LogP) is -27.0. The van der Waals surface area contributed by atoms with Gasteiger partial charge < -0.3 is 47.4 Å². The Balaban J connectivity index is -0.00000000970. The topological polar surface area (TPSA) is 179 Å². The van der Waals surface area contributed by atoms with Crippen molar-refractivity contribution in [2.45, 2.75) is 0 Å². The van der Waals surface area contributed by atoms with Crippen molar-refractivity contribution in [1.82, 2.24) is 0 Å². The summed E-state index contributed by atoms with van der Waals surface area (Å²) in [6.07, 6.45) is 0. The van der Waals surface area contributed by atoms with Gasteiger partial charge in [-0.3, -0.25) is 0 Å². The zero-order valence-corrected chi connectivity index (χ0v) is 24.3. The Kier molecular flexibility index (Phi) is 80.5. The monoisotopic (exact) mass is 324 g/mol. The molecule has 0 fully saturated rings. The van der Waals surface area contributed by atoms with E-state index in [1.54, 1.807) is 0 Å². The Hall–Kier alpha value is 6.11. The summed E-state index contributed by atoms with van der Waals surface area (Å²) in [5, 5.41) is 0. The summed E-state index contributed by atoms with van der Waals surface area (Å²) < 4.78 is 0. The fourth-order valence-electron chi connectivity index (χ4n) is 0. The van der Waals surface area contributed by atoms with Crippen LogP contribution < -0.4 is 206 Å². The van der Waals surface area contributed by atoms with Crippen molar-refractivity contribution in [2.75, 3.05) is 0 Å². The van der Waals surface area contributed by atoms with Crippen molar-refractivity contribution in [2.24, 2.45) is 0 Å². The molecule has 0 aliphatic rings. The first-order chi connectivity index (χ1) is 4.00. The molecule has 0 spiro atoms. The molecule has 0 bridgehead atoms. The summed E-state index contributed by atoms with van der Waals surface area (Å²) >= 11 is 0. The van der Waals surface area contributed by atoms with Crippen LogP contribution in [0.4, 0.5) is 0 Å². The van der Waals surface area contributed by atoms with Gasteiger partial charge in [-0.05, 0) is 0 Å². The van der Waals surface area contributed by atoms with Gasteiger partial charge in [-0.25, -0.2) is 0 Å². The Labute approximate surface area is 228 Å². The minimum atomic E-state index is -5.61. The molecule has 0 aliphatic heterocycles. The summed E-state index contributed by atoms with van der Waals surface area (Å²) in [6.45, 7) is 0. The zero-order valence-electron chi connectivity index (χ0n) is 10.3. The SMILES string of the molecule is [Na+].[Na+].[Na+].[Na+].[Na+].[Na+].[O-][Si]([O-])(O)O.[O-][Si]([O-])([O-])[O-]. The Bertz CT molecular complexity index is 65.5. The minimum absolute atomic E-state index is 0. The van der Waals surface area contributed by atoms with Gasteiger partial charge in [0.05, 0.1) is 0 Å². The van der Waals surface area contributed by atoms with Crippen LogP contribution in [0.15, 0.2) is 0 Å². The van der Waals surface area contributed by atoms with E-state index in [4.69, 9.17) is 38.4 Å². The van der Waals surface area contributed by atoms with Crippen molar-refractivity contribution in [3.63, 3.8) is 0 Å². The molecule has 0 amide bonds. The molecule has 2 N–H and O–H groups in total. The van der Waals surface area contributed by atoms with Crippen LogP contribution in [0, 0.1) is 0 Å². The van der Waals surface area contributed by atoms with Crippen molar-refractivity contribution in [3.05, 3.63) is 0 Å². The molecule has 16 heteroatoms. The van der Waals surface area contributed by atoms with Crippen LogP contribution in [0.1, 0.15) is 0 Å². The van der Waals surface area contributed by atoms with Gasteiger partial charge in [-0.15, -0.1) is 0 Å². The van der Waals surface area contributed by atoms with E-state index in [9.17, 15) is 0 Å². The van der Waals surface area contributed by atoms with E-state index in [0.717, 1.165) is 0 Å². The summed E-state index contributed by atoms with van der Waals surface area (Å²) in [5.41, 5.74) is 0. The average Bonchev–Trinajstić information content (AvgIpc) is 1.12. The van der Waals surface area contributed by atoms with Crippen molar-refractivity contribution < 1.29 is 216 Å². The van der Waals surface area contributed by atoms with Gasteiger partial charge in [-0.2, -0.15) is 0 Å². The molecule has 64 valence electrons. The molecule has 0 unspecified atom stereocenters. The maximum absolute atomic E-state index is 8.80. The van der Waals surface area contributed by atoms with Crippen molar-refractivity contribution in [3.8, 4) is 0 Å². The van der Waals surface area contributed by atoms with Gasteiger partial charge in [0.1, 0.15) is 9.05 Å². The fourth-order valence-corrected chi connectivity index (χ4v) is 0. The predicted molar refractivity (Wildman–Crippen MR) is 15.9 cm³/mol. The van der Waals surface area contributed by atoms with Crippen LogP contribution in [-0.4, -0.2) is 27.7 Å². The molecular formula is H2Na6O8Si2. The van der Waals surface area contributed by atoms with E-state index in [1.807, 2.05) is 0 Å². The third-order valence-corrected chi connectivity index (χ3v) is 0. The first-order valence-electron chi connectivity index (χ1n) is 1.67. The minimum Gasteiger partial charge on any atom is -0.894 e. The van der Waals surface area contributed by atoms with Crippen LogP contribution in [-0.2, 0) is 0 Å². The van der Waals surface area contributed by atoms with Gasteiger partial charge in [0.15, 0.2) is 0 Å². The fraction of sp³-hybridized carbons (Fsp3) is 0. The van der Waals surface area contributed by atoms with Crippen LogP contribution in [0.5, 0.6) is 0 Å². The van der Waals surface area contributed by atoms with Crippen LogP contribution >= 0.6 is 0 Å². The smallest absolute Gasteiger partial charge is 0.894 e. The maximum atomic E-state index is 8.80. The second kappa shape index (κ2) is 26.0. The van der Waals surface area contributed by atoms with Gasteiger partial charge >= 0.3 is 177 Å². The largest absolute Gasteiger partial charge is 1.00 e. The Morgan fingerprint density at radius 2 is 0.500 bits per heavy atom. The summed E-state index contributed by atoms with van der Waals surface area (Å²) in [5.74, 6) is 0. The van der Waals surface area contributed by atoms with Crippen LogP contribution in [0.25, 0.3) is 0 Å². The summed E-state index contributed by atoms with van der Waals surface area (Å²) in [7, 11) is -10.7. The quantitative estimate of drug-likeness (QED) is 0.412. The molecule has 0 atom stereocenters. The molecule has 8 nitrogen and oxygen atoms in total. The molecule has 0 aromatic heterocycles. The van der Waals surface area contributed by atoms with Crippen molar-refractivity contribution >= 4 is 18.1 Å². The average molecular weight is 324 g/mol. The Morgan fingerprint density at radius 3 is 0.500 bits per heavy atom. The molecule has 0 heterocycles. The zero-order chi connectivity index (χ0) is 9.00. The van der Waals surface area contributed by atoms with E-state index in [2.05, 4.69) is 0 Å². The van der Waals surface area contributed by atoms with E-state index in [-0.39, 0.29) is 177 Å². The molecule has 0 aromatic rings. The van der Waals surface area contributed by atoms with E-state index < -0.39 is 18.1 Å². The number of rotatable bonds is 0. The van der Waals surface area contributed by atoms with E-state index in [0.29, 0.717) is 0 Å². The second-order valence-corrected chi connectivity index (χ2v) is 3.15. The molecule has 0 aliphatic carbocycles. The van der Waals surface area contributed by atoms with E-state index in [1.165, 1.54) is 0 Å². The normalized spacial score (nSPS) is 7.50. The summed E-state index contributed by atoms with van der Waals surface area (Å²) in [6, 6.07) is 0. The molecule has 16 heavy (non-hydrogen) atoms. The van der Waals surface area contributed by atoms with Gasteiger partial charge in [0.2, 0.25) is 0 Å². The molecular weight excluding hydrogens is 322 g/mol. The van der Waals surface area contributed by atoms with Gasteiger partial charge in [0.25, 0.3) is 0 Å². The third kappa shape index (κ3) is 197. The molecule has 0 aromatic carbocycles. The second-order valence-electron chi connectivity index (χ2n) is 1.05. The molecule has 0 rings (SSSR count). The van der Waals surface area contributed by atoms with Gasteiger partial charge in [-0.1, -0.05) is 0 Å². The molecule has 0 radical (unpaired) electrons. The molecule has 0 saturated carbocycles. The molecule has 0 saturated heterocycles. The summed E-state index contributed by atoms with van der Waals surface area (Å²) in [4.78, 5) is 66.1. The first kappa shape index (κ1) is 49.5. The standard InChI is InChI=1S/6Na.H2O4Si.O4Si/c;;;;;;2*1-5(2,3)4/h;;;;;;1-2H;/q6*+1;-2;-4. The van der Waals surface area contributed by atoms with E-state index >= 15 is 0 Å². The van der Waals surface area contributed by atoms with Crippen LogP contribution in [0.3, 0.4) is 0 Å². The van der Waals surface area contributed by atoms with Crippen molar-refractivity contribution in [1.29, 1.82) is 0 Å². The number of hydrogen-bond donors (Lipinski definition) is 2. The third-order valence-electron chi connectivity index (χ3n) is 0. The number of hydrogen-bond acceptors (Lipinski definition) is 8. The van der Waals surface area contributed by atoms with Crippen LogP contribution in [0.2, 0.25) is 0 Å².